The number of benzene rings is 1. The van der Waals surface area contributed by atoms with Crippen LogP contribution in [-0.2, 0) is 14.3 Å². The fourth-order valence-corrected chi connectivity index (χ4v) is 6.02. The third-order valence-electron chi connectivity index (χ3n) is 8.70. The van der Waals surface area contributed by atoms with Crippen LogP contribution in [0.3, 0.4) is 0 Å². The number of carboxylic acid groups (broad SMARTS) is 1. The highest BCUT2D eigenvalue weighted by Gasteiger charge is 2.59. The lowest BCUT2D eigenvalue weighted by atomic mass is 10.0. The molecule has 1 aromatic heterocycles. The second-order valence-corrected chi connectivity index (χ2v) is 12.2. The molecule has 2 aromatic rings. The van der Waals surface area contributed by atoms with Crippen LogP contribution in [-0.4, -0.2) is 107 Å². The Labute approximate surface area is 262 Å². The van der Waals surface area contributed by atoms with E-state index in [-0.39, 0.29) is 41.6 Å². The van der Waals surface area contributed by atoms with E-state index in [9.17, 15) is 19.2 Å². The number of rotatable bonds is 11. The van der Waals surface area contributed by atoms with Gasteiger partial charge in [-0.2, -0.15) is 0 Å². The predicted octanol–water partition coefficient (Wildman–Crippen LogP) is 3.50. The lowest BCUT2D eigenvalue weighted by molar-refractivity contribution is -0.136. The SMILES string of the molecule is CCCCCOC(=O)N1CCN(C(=O)[C@@H](NC(=O)c2cc(N3C[C@@H]4C(OC(=O)O)[C@@H]4C3)nc(-c3ccccc3)n2)C(C)C)CC1. The molecule has 0 bridgehead atoms. The van der Waals surface area contributed by atoms with Gasteiger partial charge in [-0.05, 0) is 12.3 Å². The van der Waals surface area contributed by atoms with Crippen molar-refractivity contribution < 1.29 is 33.8 Å². The summed E-state index contributed by atoms with van der Waals surface area (Å²) in [5.74, 6) is 0.196. The molecule has 45 heavy (non-hydrogen) atoms. The summed E-state index contributed by atoms with van der Waals surface area (Å²) < 4.78 is 10.3. The van der Waals surface area contributed by atoms with Crippen LogP contribution in [0, 0.1) is 17.8 Å². The van der Waals surface area contributed by atoms with E-state index in [2.05, 4.69) is 17.2 Å². The highest BCUT2D eigenvalue weighted by molar-refractivity contribution is 5.97. The minimum Gasteiger partial charge on any atom is -0.450 e. The zero-order valence-corrected chi connectivity index (χ0v) is 26.1. The molecule has 1 aromatic carbocycles. The van der Waals surface area contributed by atoms with Gasteiger partial charge in [0.25, 0.3) is 5.91 Å². The van der Waals surface area contributed by atoms with Crippen LogP contribution < -0.4 is 10.2 Å². The summed E-state index contributed by atoms with van der Waals surface area (Å²) in [6, 6.07) is 10.2. The van der Waals surface area contributed by atoms with Crippen molar-refractivity contribution in [3.05, 3.63) is 42.1 Å². The van der Waals surface area contributed by atoms with Crippen molar-refractivity contribution in [2.75, 3.05) is 50.8 Å². The van der Waals surface area contributed by atoms with Crippen LogP contribution in [0.2, 0.25) is 0 Å². The van der Waals surface area contributed by atoms with Gasteiger partial charge >= 0.3 is 12.2 Å². The van der Waals surface area contributed by atoms with Crippen LogP contribution in [0.4, 0.5) is 15.4 Å². The van der Waals surface area contributed by atoms with Gasteiger partial charge in [0.2, 0.25) is 5.91 Å². The second-order valence-electron chi connectivity index (χ2n) is 12.2. The molecule has 2 aliphatic heterocycles. The first-order chi connectivity index (χ1) is 21.7. The molecular weight excluding hydrogens is 580 g/mol. The number of aromatic nitrogens is 2. The average Bonchev–Trinajstić information content (AvgIpc) is 3.45. The molecule has 2 N–H and O–H groups in total. The van der Waals surface area contributed by atoms with Gasteiger partial charge in [0.05, 0.1) is 6.61 Å². The van der Waals surface area contributed by atoms with Crippen LogP contribution >= 0.6 is 0 Å². The lowest BCUT2D eigenvalue weighted by Gasteiger charge is -2.36. The molecule has 0 radical (unpaired) electrons. The number of ether oxygens (including phenoxy) is 2. The summed E-state index contributed by atoms with van der Waals surface area (Å²) in [5.41, 5.74) is 0.870. The molecule has 3 heterocycles. The summed E-state index contributed by atoms with van der Waals surface area (Å²) in [7, 11) is 0. The Balaban J connectivity index is 1.26. The number of fused-ring (bicyclic) bond motifs is 1. The van der Waals surface area contributed by atoms with Gasteiger partial charge in [0.1, 0.15) is 23.7 Å². The molecule has 0 spiro atoms. The number of hydrogen-bond acceptors (Lipinski definition) is 9. The highest BCUT2D eigenvalue weighted by atomic mass is 16.7. The number of anilines is 1. The van der Waals surface area contributed by atoms with Crippen LogP contribution in [0.1, 0.15) is 50.5 Å². The highest BCUT2D eigenvalue weighted by Crippen LogP contribution is 2.48. The maximum absolute atomic E-state index is 13.7. The summed E-state index contributed by atoms with van der Waals surface area (Å²) in [4.78, 5) is 65.3. The number of amides is 3. The summed E-state index contributed by atoms with van der Waals surface area (Å²) >= 11 is 0. The third kappa shape index (κ3) is 7.63. The normalized spacial score (nSPS) is 21.2. The summed E-state index contributed by atoms with van der Waals surface area (Å²) in [5, 5.41) is 11.9. The molecule has 242 valence electrons. The van der Waals surface area contributed by atoms with Crippen molar-refractivity contribution in [2.45, 2.75) is 52.2 Å². The minimum absolute atomic E-state index is 0.0832. The van der Waals surface area contributed by atoms with E-state index in [0.717, 1.165) is 24.8 Å². The monoisotopic (exact) mass is 622 g/mol. The number of nitrogens with zero attached hydrogens (tertiary/aromatic N) is 5. The number of carbonyl (C=O) groups excluding carboxylic acids is 3. The van der Waals surface area contributed by atoms with Gasteiger partial charge < -0.3 is 34.6 Å². The molecule has 1 aliphatic carbocycles. The number of piperidine rings is 1. The van der Waals surface area contributed by atoms with Gasteiger partial charge in [-0.15, -0.1) is 0 Å². The van der Waals surface area contributed by atoms with Gasteiger partial charge in [-0.25, -0.2) is 19.6 Å². The fraction of sp³-hybridized carbons (Fsp3) is 0.562. The van der Waals surface area contributed by atoms with Crippen LogP contribution in [0.25, 0.3) is 11.4 Å². The topological polar surface area (TPSA) is 154 Å². The zero-order chi connectivity index (χ0) is 32.1. The first-order valence-electron chi connectivity index (χ1n) is 15.8. The van der Waals surface area contributed by atoms with Crippen molar-refractivity contribution in [1.29, 1.82) is 0 Å². The first-order valence-corrected chi connectivity index (χ1v) is 15.8. The average molecular weight is 623 g/mol. The Hall–Kier alpha value is -4.42. The molecule has 3 amide bonds. The Bertz CT molecular complexity index is 1370. The van der Waals surface area contributed by atoms with E-state index in [1.165, 1.54) is 0 Å². The number of carbonyl (C=O) groups is 4. The van der Waals surface area contributed by atoms with Crippen molar-refractivity contribution >= 4 is 29.9 Å². The van der Waals surface area contributed by atoms with Crippen molar-refractivity contribution in [2.24, 2.45) is 17.8 Å². The number of piperazine rings is 1. The maximum atomic E-state index is 13.7. The van der Waals surface area contributed by atoms with E-state index in [0.29, 0.717) is 57.5 Å². The van der Waals surface area contributed by atoms with Crippen molar-refractivity contribution in [3.8, 4) is 11.4 Å². The standard InChI is InChI=1S/C32H42N6O7/c1-4-5-9-16-44-31(41)37-14-12-36(13-15-37)30(40)26(20(2)3)35-29(39)24-17-25(34-28(33-24)21-10-7-6-8-11-21)38-18-22-23(19-38)27(22)45-32(42)43/h6-8,10-11,17,20,22-23,26-27H,4-5,9,12-16,18-19H2,1-3H3,(H,35,39)(H,42,43)/t22-,23+,26-,27?/m0/s1. The number of hydrogen-bond donors (Lipinski definition) is 2. The Morgan fingerprint density at radius 3 is 2.27 bits per heavy atom. The van der Waals surface area contributed by atoms with E-state index < -0.39 is 18.1 Å². The quantitative estimate of drug-likeness (QED) is 0.281. The predicted molar refractivity (Wildman–Crippen MR) is 165 cm³/mol. The molecule has 1 unspecified atom stereocenters. The molecule has 13 heteroatoms. The lowest BCUT2D eigenvalue weighted by Crippen LogP contribution is -2.57. The minimum atomic E-state index is -1.27. The van der Waals surface area contributed by atoms with E-state index in [4.69, 9.17) is 19.6 Å². The van der Waals surface area contributed by atoms with Crippen molar-refractivity contribution in [3.63, 3.8) is 0 Å². The van der Waals surface area contributed by atoms with Gasteiger partial charge in [-0.1, -0.05) is 63.9 Å². The van der Waals surface area contributed by atoms with E-state index >= 15 is 0 Å². The zero-order valence-electron chi connectivity index (χ0n) is 26.1. The summed E-state index contributed by atoms with van der Waals surface area (Å²) in [6.07, 6.45) is 0.937. The van der Waals surface area contributed by atoms with Gasteiger partial charge in [0.15, 0.2) is 5.82 Å². The molecule has 4 atom stereocenters. The molecule has 2 saturated heterocycles. The molecule has 1 saturated carbocycles. The number of nitrogens with one attached hydrogen (secondary N) is 1. The second kappa shape index (κ2) is 14.1. The smallest absolute Gasteiger partial charge is 0.450 e. The molecule has 13 nitrogen and oxygen atoms in total. The Morgan fingerprint density at radius 1 is 0.978 bits per heavy atom. The van der Waals surface area contributed by atoms with Crippen molar-refractivity contribution in [1.82, 2.24) is 25.1 Å². The Kier molecular flexibility index (Phi) is 10.0. The first kappa shape index (κ1) is 32.0. The molecule has 5 rings (SSSR count). The fourth-order valence-electron chi connectivity index (χ4n) is 6.02. The largest absolute Gasteiger partial charge is 0.506 e. The number of unbranched alkanes of at least 4 members (excludes halogenated alkanes) is 2. The van der Waals surface area contributed by atoms with Gasteiger partial charge in [0, 0.05) is 62.7 Å². The summed E-state index contributed by atoms with van der Waals surface area (Å²) in [6.45, 7) is 8.77. The molecule has 3 fully saturated rings. The van der Waals surface area contributed by atoms with Gasteiger partial charge in [-0.3, -0.25) is 9.59 Å². The van der Waals surface area contributed by atoms with E-state index in [1.54, 1.807) is 15.9 Å². The molecule has 3 aliphatic rings. The van der Waals surface area contributed by atoms with E-state index in [1.807, 2.05) is 49.1 Å². The molecular formula is C32H42N6O7. The maximum Gasteiger partial charge on any atom is 0.506 e. The third-order valence-corrected chi connectivity index (χ3v) is 8.70. The van der Waals surface area contributed by atoms with Crippen LogP contribution in [0.5, 0.6) is 0 Å². The Morgan fingerprint density at radius 2 is 1.64 bits per heavy atom. The van der Waals surface area contributed by atoms with Crippen LogP contribution in [0.15, 0.2) is 36.4 Å².